The molecule has 0 bridgehead atoms. The molecule has 3 heteroatoms. The molecule has 0 saturated carbocycles. The molecule has 3 nitrogen and oxygen atoms in total. The lowest BCUT2D eigenvalue weighted by molar-refractivity contribution is -0.153. The maximum atomic E-state index is 11.6. The van der Waals surface area contributed by atoms with Crippen LogP contribution < -0.4 is 0 Å². The Morgan fingerprint density at radius 3 is 2.40 bits per heavy atom. The monoisotopic (exact) mass is 280 g/mol. The molecule has 0 aromatic rings. The predicted octanol–water partition coefficient (Wildman–Crippen LogP) is 4.27. The van der Waals surface area contributed by atoms with E-state index in [0.29, 0.717) is 18.3 Å². The molecule has 1 rings (SSSR count). The molecule has 1 aliphatic heterocycles. The van der Waals surface area contributed by atoms with Crippen molar-refractivity contribution in [1.29, 1.82) is 0 Å². The van der Waals surface area contributed by atoms with Crippen molar-refractivity contribution in [3.63, 3.8) is 0 Å². The second kappa shape index (κ2) is 7.61. The molecule has 1 heterocycles. The molecule has 1 saturated heterocycles. The largest absolute Gasteiger partial charge is 0.393 e. The van der Waals surface area contributed by atoms with Crippen LogP contribution in [-0.4, -0.2) is 11.9 Å². The van der Waals surface area contributed by atoms with Crippen LogP contribution in [0.1, 0.15) is 66.7 Å². The highest BCUT2D eigenvalue weighted by atomic mass is 16.6. The summed E-state index contributed by atoms with van der Waals surface area (Å²) in [6.07, 6.45) is 4.42. The van der Waals surface area contributed by atoms with E-state index >= 15 is 0 Å². The SMILES string of the molecule is CCCC(/C(C)=C(\C)CC1CC(=O)OC1=O)C(C)CC. The number of carbonyl (C=O) groups is 2. The highest BCUT2D eigenvalue weighted by Gasteiger charge is 2.33. The van der Waals surface area contributed by atoms with Crippen LogP contribution in [-0.2, 0) is 14.3 Å². The van der Waals surface area contributed by atoms with E-state index in [0.717, 1.165) is 0 Å². The van der Waals surface area contributed by atoms with E-state index in [9.17, 15) is 9.59 Å². The number of cyclic esters (lactones) is 2. The molecule has 20 heavy (non-hydrogen) atoms. The fourth-order valence-electron chi connectivity index (χ4n) is 3.05. The topological polar surface area (TPSA) is 43.4 Å². The van der Waals surface area contributed by atoms with Gasteiger partial charge in [0, 0.05) is 0 Å². The van der Waals surface area contributed by atoms with Crippen molar-refractivity contribution in [2.45, 2.75) is 66.7 Å². The Kier molecular flexibility index (Phi) is 6.44. The minimum Gasteiger partial charge on any atom is -0.393 e. The fourth-order valence-corrected chi connectivity index (χ4v) is 3.05. The molecule has 0 radical (unpaired) electrons. The maximum Gasteiger partial charge on any atom is 0.317 e. The van der Waals surface area contributed by atoms with Gasteiger partial charge in [0.15, 0.2) is 0 Å². The molecule has 0 aliphatic carbocycles. The molecule has 3 atom stereocenters. The zero-order valence-corrected chi connectivity index (χ0v) is 13.5. The van der Waals surface area contributed by atoms with Crippen molar-refractivity contribution in [3.05, 3.63) is 11.1 Å². The summed E-state index contributed by atoms with van der Waals surface area (Å²) in [6.45, 7) is 11.0. The Bertz CT molecular complexity index is 395. The molecule has 0 spiro atoms. The van der Waals surface area contributed by atoms with E-state index in [1.807, 2.05) is 0 Å². The molecule has 0 N–H and O–H groups in total. The van der Waals surface area contributed by atoms with Crippen molar-refractivity contribution < 1.29 is 14.3 Å². The van der Waals surface area contributed by atoms with Gasteiger partial charge in [0.1, 0.15) is 0 Å². The van der Waals surface area contributed by atoms with E-state index in [4.69, 9.17) is 0 Å². The van der Waals surface area contributed by atoms with Gasteiger partial charge in [-0.05, 0) is 38.5 Å². The van der Waals surface area contributed by atoms with Crippen LogP contribution in [0.2, 0.25) is 0 Å². The van der Waals surface area contributed by atoms with Gasteiger partial charge < -0.3 is 4.74 Å². The van der Waals surface area contributed by atoms with Crippen molar-refractivity contribution in [1.82, 2.24) is 0 Å². The highest BCUT2D eigenvalue weighted by molar-refractivity contribution is 5.94. The third-order valence-electron chi connectivity index (χ3n) is 4.67. The van der Waals surface area contributed by atoms with Gasteiger partial charge in [0.2, 0.25) is 0 Å². The second-order valence-corrected chi connectivity index (χ2v) is 6.14. The van der Waals surface area contributed by atoms with E-state index in [1.54, 1.807) is 0 Å². The standard InChI is InChI=1S/C17H28O3/c1-6-8-15(11(3)7-2)13(5)12(4)9-14-10-16(18)20-17(14)19/h11,14-15H,6-10H2,1-5H3/b13-12+. The van der Waals surface area contributed by atoms with Crippen LogP contribution in [0.5, 0.6) is 0 Å². The summed E-state index contributed by atoms with van der Waals surface area (Å²) in [5.74, 6) is 0.243. The number of hydrogen-bond acceptors (Lipinski definition) is 3. The van der Waals surface area contributed by atoms with Gasteiger partial charge in [-0.2, -0.15) is 0 Å². The summed E-state index contributed by atoms with van der Waals surface area (Å²) in [5.41, 5.74) is 2.65. The lowest BCUT2D eigenvalue weighted by Gasteiger charge is -2.26. The number of esters is 2. The second-order valence-electron chi connectivity index (χ2n) is 6.14. The Labute approximate surface area is 122 Å². The van der Waals surface area contributed by atoms with Crippen molar-refractivity contribution in [2.24, 2.45) is 17.8 Å². The predicted molar refractivity (Wildman–Crippen MR) is 80.1 cm³/mol. The van der Waals surface area contributed by atoms with Crippen LogP contribution in [0.25, 0.3) is 0 Å². The molecular weight excluding hydrogens is 252 g/mol. The fraction of sp³-hybridized carbons (Fsp3) is 0.765. The van der Waals surface area contributed by atoms with Crippen LogP contribution >= 0.6 is 0 Å². The molecule has 0 aromatic heterocycles. The van der Waals surface area contributed by atoms with Gasteiger partial charge in [-0.3, -0.25) is 9.59 Å². The van der Waals surface area contributed by atoms with Gasteiger partial charge in [0.25, 0.3) is 0 Å². The van der Waals surface area contributed by atoms with Gasteiger partial charge in [-0.15, -0.1) is 0 Å². The summed E-state index contributed by atoms with van der Waals surface area (Å²) in [5, 5.41) is 0. The van der Waals surface area contributed by atoms with Crippen molar-refractivity contribution in [3.8, 4) is 0 Å². The molecule has 1 fully saturated rings. The van der Waals surface area contributed by atoms with Crippen LogP contribution in [0, 0.1) is 17.8 Å². The molecule has 114 valence electrons. The van der Waals surface area contributed by atoms with E-state index < -0.39 is 0 Å². The smallest absolute Gasteiger partial charge is 0.317 e. The average molecular weight is 280 g/mol. The number of rotatable bonds is 7. The first-order chi connectivity index (χ1) is 9.40. The molecule has 1 aliphatic rings. The minimum absolute atomic E-state index is 0.241. The van der Waals surface area contributed by atoms with E-state index in [-0.39, 0.29) is 24.3 Å². The van der Waals surface area contributed by atoms with Crippen molar-refractivity contribution >= 4 is 11.9 Å². The van der Waals surface area contributed by atoms with Gasteiger partial charge >= 0.3 is 11.9 Å². The quantitative estimate of drug-likeness (QED) is 0.397. The summed E-state index contributed by atoms with van der Waals surface area (Å²) >= 11 is 0. The minimum atomic E-state index is -0.377. The molecular formula is C17H28O3. The number of ether oxygens (including phenoxy) is 1. The Morgan fingerprint density at radius 2 is 1.95 bits per heavy atom. The summed E-state index contributed by atoms with van der Waals surface area (Å²) in [4.78, 5) is 22.7. The van der Waals surface area contributed by atoms with Crippen LogP contribution in [0.15, 0.2) is 11.1 Å². The number of hydrogen-bond donors (Lipinski definition) is 0. The average Bonchev–Trinajstić information content (AvgIpc) is 2.72. The van der Waals surface area contributed by atoms with E-state index in [2.05, 4.69) is 39.4 Å². The first kappa shape index (κ1) is 16.9. The van der Waals surface area contributed by atoms with Gasteiger partial charge in [-0.25, -0.2) is 0 Å². The zero-order valence-electron chi connectivity index (χ0n) is 13.5. The molecule has 3 unspecified atom stereocenters. The third kappa shape index (κ3) is 4.19. The maximum absolute atomic E-state index is 11.6. The molecule has 0 amide bonds. The summed E-state index contributed by atoms with van der Waals surface area (Å²) in [7, 11) is 0. The lowest BCUT2D eigenvalue weighted by Crippen LogP contribution is -2.15. The highest BCUT2D eigenvalue weighted by Crippen LogP contribution is 2.33. The number of carbonyl (C=O) groups excluding carboxylic acids is 2. The van der Waals surface area contributed by atoms with Crippen molar-refractivity contribution in [2.75, 3.05) is 0 Å². The first-order valence-corrected chi connectivity index (χ1v) is 7.81. The molecule has 0 aromatic carbocycles. The Balaban J connectivity index is 2.80. The van der Waals surface area contributed by atoms with E-state index in [1.165, 1.54) is 30.4 Å². The first-order valence-electron chi connectivity index (χ1n) is 7.81. The zero-order chi connectivity index (χ0) is 15.3. The van der Waals surface area contributed by atoms with Gasteiger partial charge in [0.05, 0.1) is 12.3 Å². The Hall–Kier alpha value is -1.12. The van der Waals surface area contributed by atoms with Crippen LogP contribution in [0.4, 0.5) is 0 Å². The van der Waals surface area contributed by atoms with Crippen LogP contribution in [0.3, 0.4) is 0 Å². The lowest BCUT2D eigenvalue weighted by atomic mass is 9.79. The third-order valence-corrected chi connectivity index (χ3v) is 4.67. The summed E-state index contributed by atoms with van der Waals surface area (Å²) in [6, 6.07) is 0. The normalized spacial score (nSPS) is 23.4. The summed E-state index contributed by atoms with van der Waals surface area (Å²) < 4.78 is 4.63. The van der Waals surface area contributed by atoms with Gasteiger partial charge in [-0.1, -0.05) is 44.8 Å². The Morgan fingerprint density at radius 1 is 1.30 bits per heavy atom. The number of allylic oxidation sites excluding steroid dienone is 2.